The Morgan fingerprint density at radius 3 is 2.78 bits per heavy atom. The molecule has 1 aliphatic carbocycles. The van der Waals surface area contributed by atoms with Crippen LogP contribution in [0.2, 0.25) is 0 Å². The molecule has 0 aromatic carbocycles. The van der Waals surface area contributed by atoms with Gasteiger partial charge in [0.15, 0.2) is 14.9 Å². The van der Waals surface area contributed by atoms with Crippen LogP contribution >= 0.6 is 0 Å². The highest BCUT2D eigenvalue weighted by molar-refractivity contribution is 7.92. The number of carbonyl (C=O) groups excluding carboxylic acids is 1. The molecule has 5 nitrogen and oxygen atoms in total. The molecule has 1 aromatic heterocycles. The molecule has 6 heteroatoms. The molecular weight excluding hydrogens is 252 g/mol. The maximum atomic E-state index is 12.0. The summed E-state index contributed by atoms with van der Waals surface area (Å²) in [6.45, 7) is 0. The number of aryl methyl sites for hydroxylation is 1. The molecule has 1 heterocycles. The van der Waals surface area contributed by atoms with Crippen LogP contribution in [0, 0.1) is 0 Å². The summed E-state index contributed by atoms with van der Waals surface area (Å²) in [5, 5.41) is -0.0903. The number of nitrogens with two attached hydrogens (primary N) is 1. The molecule has 2 N–H and O–H groups in total. The van der Waals surface area contributed by atoms with Crippen molar-refractivity contribution in [3.05, 3.63) is 23.9 Å². The van der Waals surface area contributed by atoms with E-state index in [-0.39, 0.29) is 16.2 Å². The minimum Gasteiger partial charge on any atom is -0.370 e. The number of hydrogen-bond acceptors (Lipinski definition) is 4. The first-order chi connectivity index (χ1) is 8.50. The molecule has 1 amide bonds. The lowest BCUT2D eigenvalue weighted by Crippen LogP contribution is -2.11. The van der Waals surface area contributed by atoms with E-state index in [9.17, 15) is 13.2 Å². The smallest absolute Gasteiger partial charge is 0.217 e. The quantitative estimate of drug-likeness (QED) is 0.827. The van der Waals surface area contributed by atoms with Crippen LogP contribution in [-0.4, -0.2) is 24.6 Å². The van der Waals surface area contributed by atoms with Gasteiger partial charge in [0.25, 0.3) is 0 Å². The van der Waals surface area contributed by atoms with Gasteiger partial charge in [-0.3, -0.25) is 4.79 Å². The van der Waals surface area contributed by atoms with Gasteiger partial charge in [-0.2, -0.15) is 0 Å². The van der Waals surface area contributed by atoms with Crippen molar-refractivity contribution in [3.8, 4) is 0 Å². The van der Waals surface area contributed by atoms with Crippen molar-refractivity contribution in [1.82, 2.24) is 4.98 Å². The Labute approximate surface area is 106 Å². The van der Waals surface area contributed by atoms with E-state index in [2.05, 4.69) is 4.98 Å². The lowest BCUT2D eigenvalue weighted by Gasteiger charge is -2.04. The van der Waals surface area contributed by atoms with Crippen molar-refractivity contribution >= 4 is 15.7 Å². The molecule has 18 heavy (non-hydrogen) atoms. The van der Waals surface area contributed by atoms with Gasteiger partial charge in [0.05, 0.1) is 5.25 Å². The average Bonchev–Trinajstić information content (AvgIpc) is 3.13. The minimum absolute atomic E-state index is 0.154. The zero-order chi connectivity index (χ0) is 13.2. The van der Waals surface area contributed by atoms with E-state index in [0.29, 0.717) is 19.3 Å². The molecule has 1 aromatic rings. The lowest BCUT2D eigenvalue weighted by molar-refractivity contribution is -0.118. The molecule has 1 fully saturated rings. The Balaban J connectivity index is 2.08. The number of aromatic nitrogens is 1. The second-order valence-corrected chi connectivity index (χ2v) is 6.74. The normalized spacial score (nSPS) is 15.6. The highest BCUT2D eigenvalue weighted by Crippen LogP contribution is 2.32. The first-order valence-electron chi connectivity index (χ1n) is 5.97. The monoisotopic (exact) mass is 268 g/mol. The third-order valence-electron chi connectivity index (χ3n) is 2.94. The van der Waals surface area contributed by atoms with Gasteiger partial charge in [0.1, 0.15) is 0 Å². The fraction of sp³-hybridized carbons (Fsp3) is 0.500. The lowest BCUT2D eigenvalue weighted by atomic mass is 10.1. The van der Waals surface area contributed by atoms with Gasteiger partial charge < -0.3 is 5.73 Å². The first kappa shape index (κ1) is 13.0. The first-order valence-corrected chi connectivity index (χ1v) is 7.52. The second-order valence-electron chi connectivity index (χ2n) is 4.57. The van der Waals surface area contributed by atoms with Crippen LogP contribution in [0.15, 0.2) is 23.4 Å². The van der Waals surface area contributed by atoms with E-state index in [1.165, 1.54) is 6.20 Å². The van der Waals surface area contributed by atoms with E-state index in [4.69, 9.17) is 5.73 Å². The van der Waals surface area contributed by atoms with Gasteiger partial charge in [-0.25, -0.2) is 13.4 Å². The van der Waals surface area contributed by atoms with Gasteiger partial charge in [-0.1, -0.05) is 0 Å². The molecule has 0 radical (unpaired) electrons. The summed E-state index contributed by atoms with van der Waals surface area (Å²) in [6, 6.07) is 3.38. The largest absolute Gasteiger partial charge is 0.370 e. The number of hydrogen-bond donors (Lipinski definition) is 1. The summed E-state index contributed by atoms with van der Waals surface area (Å²) in [5.74, 6) is -0.338. The molecular formula is C12H16N2O3S. The van der Waals surface area contributed by atoms with E-state index in [1.54, 1.807) is 12.1 Å². The van der Waals surface area contributed by atoms with Crippen molar-refractivity contribution in [1.29, 1.82) is 0 Å². The van der Waals surface area contributed by atoms with E-state index in [1.807, 2.05) is 0 Å². The highest BCUT2D eigenvalue weighted by atomic mass is 32.2. The molecule has 0 aliphatic heterocycles. The Kier molecular flexibility index (Phi) is 3.65. The Hall–Kier alpha value is -1.43. The number of primary amides is 1. The van der Waals surface area contributed by atoms with Gasteiger partial charge in [-0.05, 0) is 43.4 Å². The van der Waals surface area contributed by atoms with Crippen molar-refractivity contribution in [3.63, 3.8) is 0 Å². The van der Waals surface area contributed by atoms with Crippen molar-refractivity contribution in [2.45, 2.75) is 42.4 Å². The van der Waals surface area contributed by atoms with E-state index < -0.39 is 9.84 Å². The number of rotatable bonds is 6. The zero-order valence-corrected chi connectivity index (χ0v) is 10.8. The SMILES string of the molecule is NC(=O)CCCc1ccnc(S(=O)(=O)C2CC2)c1. The Morgan fingerprint density at radius 1 is 1.44 bits per heavy atom. The average molecular weight is 268 g/mol. The number of carbonyl (C=O) groups is 1. The third kappa shape index (κ3) is 3.07. The number of pyridine rings is 1. The van der Waals surface area contributed by atoms with Gasteiger partial charge in [-0.15, -0.1) is 0 Å². The topological polar surface area (TPSA) is 90.1 Å². The maximum absolute atomic E-state index is 12.0. The Morgan fingerprint density at radius 2 is 2.17 bits per heavy atom. The third-order valence-corrected chi connectivity index (χ3v) is 5.10. The van der Waals surface area contributed by atoms with Crippen LogP contribution in [0.4, 0.5) is 0 Å². The van der Waals surface area contributed by atoms with Crippen LogP contribution in [0.1, 0.15) is 31.2 Å². The molecule has 0 unspecified atom stereocenters. The van der Waals surface area contributed by atoms with Crippen LogP contribution < -0.4 is 5.73 Å². The fourth-order valence-electron chi connectivity index (χ4n) is 1.78. The zero-order valence-electron chi connectivity index (χ0n) is 10.0. The molecule has 98 valence electrons. The van der Waals surface area contributed by atoms with Gasteiger partial charge in [0.2, 0.25) is 5.91 Å². The highest BCUT2D eigenvalue weighted by Gasteiger charge is 2.37. The molecule has 2 rings (SSSR count). The number of sulfone groups is 1. The maximum Gasteiger partial charge on any atom is 0.217 e. The summed E-state index contributed by atoms with van der Waals surface area (Å²) in [6.07, 6.45) is 4.55. The van der Waals surface area contributed by atoms with Crippen molar-refractivity contribution in [2.24, 2.45) is 5.73 Å². The molecule has 0 spiro atoms. The second kappa shape index (κ2) is 5.06. The van der Waals surface area contributed by atoms with E-state index >= 15 is 0 Å². The van der Waals surface area contributed by atoms with Crippen molar-refractivity contribution < 1.29 is 13.2 Å². The standard InChI is InChI=1S/C12H16N2O3S/c13-11(15)3-1-2-9-6-7-14-12(8-9)18(16,17)10-4-5-10/h6-8,10H,1-5H2,(H2,13,15). The molecule has 0 saturated heterocycles. The van der Waals surface area contributed by atoms with Crippen LogP contribution in [0.3, 0.4) is 0 Å². The fourth-order valence-corrected chi connectivity index (χ4v) is 3.40. The van der Waals surface area contributed by atoms with Crippen LogP contribution in [0.5, 0.6) is 0 Å². The summed E-state index contributed by atoms with van der Waals surface area (Å²) in [5.41, 5.74) is 5.94. The van der Waals surface area contributed by atoms with Crippen molar-refractivity contribution in [2.75, 3.05) is 0 Å². The van der Waals surface area contributed by atoms with E-state index in [0.717, 1.165) is 18.4 Å². The molecule has 0 bridgehead atoms. The Bertz CT molecular complexity index is 550. The number of nitrogens with zero attached hydrogens (tertiary/aromatic N) is 1. The minimum atomic E-state index is -3.23. The predicted molar refractivity (Wildman–Crippen MR) is 66.6 cm³/mol. The molecule has 0 atom stereocenters. The summed E-state index contributed by atoms with van der Waals surface area (Å²) in [4.78, 5) is 14.6. The molecule has 1 saturated carbocycles. The summed E-state index contributed by atoms with van der Waals surface area (Å²) in [7, 11) is -3.23. The summed E-state index contributed by atoms with van der Waals surface area (Å²) >= 11 is 0. The summed E-state index contributed by atoms with van der Waals surface area (Å²) < 4.78 is 24.0. The molecule has 1 aliphatic rings. The van der Waals surface area contributed by atoms with Gasteiger partial charge in [0, 0.05) is 12.6 Å². The van der Waals surface area contributed by atoms with Gasteiger partial charge >= 0.3 is 0 Å². The predicted octanol–water partition coefficient (Wildman–Crippen LogP) is 0.826. The number of amides is 1. The van der Waals surface area contributed by atoms with Crippen LogP contribution in [0.25, 0.3) is 0 Å². The van der Waals surface area contributed by atoms with Crippen LogP contribution in [-0.2, 0) is 21.1 Å².